The SMILES string of the molecule is CCC1CCC(NC(=O)c2cc(Cl)ccc2Br)C1C. The van der Waals surface area contributed by atoms with E-state index in [4.69, 9.17) is 11.6 Å². The molecule has 1 aromatic rings. The van der Waals surface area contributed by atoms with E-state index in [0.29, 0.717) is 16.5 Å². The summed E-state index contributed by atoms with van der Waals surface area (Å²) >= 11 is 9.35. The van der Waals surface area contributed by atoms with Gasteiger partial charge < -0.3 is 5.32 Å². The summed E-state index contributed by atoms with van der Waals surface area (Å²) in [6.45, 7) is 4.46. The van der Waals surface area contributed by atoms with Crippen molar-refractivity contribution in [1.82, 2.24) is 5.32 Å². The minimum Gasteiger partial charge on any atom is -0.349 e. The van der Waals surface area contributed by atoms with E-state index in [1.807, 2.05) is 6.07 Å². The second-order valence-electron chi connectivity index (χ2n) is 5.31. The highest BCUT2D eigenvalue weighted by molar-refractivity contribution is 9.10. The minimum absolute atomic E-state index is 0.0389. The zero-order valence-electron chi connectivity index (χ0n) is 11.2. The first-order valence-electron chi connectivity index (χ1n) is 6.78. The molecule has 1 amide bonds. The molecule has 104 valence electrons. The van der Waals surface area contributed by atoms with Crippen LogP contribution in [-0.2, 0) is 0 Å². The second kappa shape index (κ2) is 6.27. The standard InChI is InChI=1S/C15H19BrClNO/c1-3-10-4-7-14(9(10)2)18-15(19)12-8-11(17)5-6-13(12)16/h5-6,8-10,14H,3-4,7H2,1-2H3,(H,18,19). The predicted octanol–water partition coefficient (Wildman–Crippen LogP) is 4.66. The average Bonchev–Trinajstić information content (AvgIpc) is 2.73. The number of carbonyl (C=O) groups is 1. The lowest BCUT2D eigenvalue weighted by molar-refractivity contribution is 0.0926. The highest BCUT2D eigenvalue weighted by Gasteiger charge is 2.32. The first-order chi connectivity index (χ1) is 9.02. The van der Waals surface area contributed by atoms with Crippen LogP contribution < -0.4 is 5.32 Å². The molecule has 4 heteroatoms. The highest BCUT2D eigenvalue weighted by Crippen LogP contribution is 2.34. The maximum absolute atomic E-state index is 12.3. The number of benzene rings is 1. The number of halogens is 2. The first kappa shape index (κ1) is 14.9. The van der Waals surface area contributed by atoms with Gasteiger partial charge in [0.25, 0.3) is 5.91 Å². The summed E-state index contributed by atoms with van der Waals surface area (Å²) in [7, 11) is 0. The summed E-state index contributed by atoms with van der Waals surface area (Å²) < 4.78 is 0.784. The van der Waals surface area contributed by atoms with Crippen molar-refractivity contribution in [1.29, 1.82) is 0 Å². The van der Waals surface area contributed by atoms with E-state index in [0.717, 1.165) is 16.8 Å². The van der Waals surface area contributed by atoms with Gasteiger partial charge in [-0.2, -0.15) is 0 Å². The summed E-state index contributed by atoms with van der Waals surface area (Å²) in [5, 5.41) is 3.73. The van der Waals surface area contributed by atoms with Gasteiger partial charge in [0.1, 0.15) is 0 Å². The van der Waals surface area contributed by atoms with E-state index in [2.05, 4.69) is 35.1 Å². The van der Waals surface area contributed by atoms with Crippen molar-refractivity contribution < 1.29 is 4.79 Å². The Kier molecular flexibility index (Phi) is 4.91. The van der Waals surface area contributed by atoms with E-state index >= 15 is 0 Å². The molecular weight excluding hydrogens is 326 g/mol. The molecule has 0 heterocycles. The van der Waals surface area contributed by atoms with E-state index in [-0.39, 0.29) is 11.9 Å². The van der Waals surface area contributed by atoms with Crippen LogP contribution in [0.25, 0.3) is 0 Å². The fourth-order valence-corrected chi connectivity index (χ4v) is 3.54. The van der Waals surface area contributed by atoms with Crippen molar-refractivity contribution in [3.63, 3.8) is 0 Å². The second-order valence-corrected chi connectivity index (χ2v) is 6.60. The molecule has 0 bridgehead atoms. The maximum atomic E-state index is 12.3. The molecule has 2 rings (SSSR count). The predicted molar refractivity (Wildman–Crippen MR) is 82.6 cm³/mol. The summed E-state index contributed by atoms with van der Waals surface area (Å²) in [5.41, 5.74) is 0.611. The fourth-order valence-electron chi connectivity index (χ4n) is 2.95. The molecular formula is C15H19BrClNO. The molecule has 3 atom stereocenters. The van der Waals surface area contributed by atoms with Crippen molar-refractivity contribution in [2.45, 2.75) is 39.2 Å². The molecule has 1 fully saturated rings. The van der Waals surface area contributed by atoms with Crippen molar-refractivity contribution in [3.8, 4) is 0 Å². The smallest absolute Gasteiger partial charge is 0.252 e. The van der Waals surface area contributed by atoms with Gasteiger partial charge in [-0.15, -0.1) is 0 Å². The Morgan fingerprint density at radius 3 is 2.84 bits per heavy atom. The molecule has 0 saturated heterocycles. The highest BCUT2D eigenvalue weighted by atomic mass is 79.9. The van der Waals surface area contributed by atoms with Gasteiger partial charge in [0, 0.05) is 15.5 Å². The molecule has 2 nitrogen and oxygen atoms in total. The van der Waals surface area contributed by atoms with E-state index < -0.39 is 0 Å². The summed E-state index contributed by atoms with van der Waals surface area (Å²) in [4.78, 5) is 12.3. The molecule has 1 aliphatic rings. The van der Waals surface area contributed by atoms with Crippen LogP contribution in [-0.4, -0.2) is 11.9 Å². The number of carbonyl (C=O) groups excluding carboxylic acids is 1. The number of hydrogen-bond donors (Lipinski definition) is 1. The molecule has 0 aromatic heterocycles. The molecule has 0 radical (unpaired) electrons. The fraction of sp³-hybridized carbons (Fsp3) is 0.533. The van der Waals surface area contributed by atoms with Crippen LogP contribution in [0.3, 0.4) is 0 Å². The van der Waals surface area contributed by atoms with Gasteiger partial charge in [-0.1, -0.05) is 31.9 Å². The van der Waals surface area contributed by atoms with Crippen molar-refractivity contribution in [2.24, 2.45) is 11.8 Å². The molecule has 0 aliphatic heterocycles. The Morgan fingerprint density at radius 1 is 1.47 bits per heavy atom. The van der Waals surface area contributed by atoms with Crippen LogP contribution in [0.5, 0.6) is 0 Å². The molecule has 19 heavy (non-hydrogen) atoms. The largest absolute Gasteiger partial charge is 0.349 e. The van der Waals surface area contributed by atoms with Crippen LogP contribution in [0.2, 0.25) is 5.02 Å². The Hall–Kier alpha value is -0.540. The van der Waals surface area contributed by atoms with Gasteiger partial charge in [-0.25, -0.2) is 0 Å². The normalized spacial score (nSPS) is 26.4. The lowest BCUT2D eigenvalue weighted by Gasteiger charge is -2.21. The molecule has 1 aromatic carbocycles. The van der Waals surface area contributed by atoms with Crippen LogP contribution in [0.4, 0.5) is 0 Å². The van der Waals surface area contributed by atoms with E-state index in [1.54, 1.807) is 12.1 Å². The lowest BCUT2D eigenvalue weighted by Crippen LogP contribution is -2.37. The Balaban J connectivity index is 2.07. The topological polar surface area (TPSA) is 29.1 Å². The third kappa shape index (κ3) is 3.32. The Bertz CT molecular complexity index is 477. The van der Waals surface area contributed by atoms with Crippen molar-refractivity contribution in [3.05, 3.63) is 33.3 Å². The quantitative estimate of drug-likeness (QED) is 0.849. The van der Waals surface area contributed by atoms with Gasteiger partial charge >= 0.3 is 0 Å². The average molecular weight is 345 g/mol. The third-order valence-electron chi connectivity index (χ3n) is 4.24. The van der Waals surface area contributed by atoms with Gasteiger partial charge in [0.05, 0.1) is 5.56 Å². The van der Waals surface area contributed by atoms with Gasteiger partial charge in [0.15, 0.2) is 0 Å². The van der Waals surface area contributed by atoms with Gasteiger partial charge in [-0.3, -0.25) is 4.79 Å². The monoisotopic (exact) mass is 343 g/mol. The van der Waals surface area contributed by atoms with Gasteiger partial charge in [0.2, 0.25) is 0 Å². The first-order valence-corrected chi connectivity index (χ1v) is 7.96. The van der Waals surface area contributed by atoms with E-state index in [9.17, 15) is 4.79 Å². The number of hydrogen-bond acceptors (Lipinski definition) is 1. The minimum atomic E-state index is -0.0389. The van der Waals surface area contributed by atoms with Crippen LogP contribution in [0.15, 0.2) is 22.7 Å². The Labute approximate surface area is 128 Å². The summed E-state index contributed by atoms with van der Waals surface area (Å²) in [6, 6.07) is 5.57. The lowest BCUT2D eigenvalue weighted by atomic mass is 9.93. The van der Waals surface area contributed by atoms with Gasteiger partial charge in [-0.05, 0) is 58.8 Å². The zero-order valence-corrected chi connectivity index (χ0v) is 13.6. The van der Waals surface area contributed by atoms with Crippen LogP contribution >= 0.6 is 27.5 Å². The number of rotatable bonds is 3. The summed E-state index contributed by atoms with van der Waals surface area (Å²) in [6.07, 6.45) is 3.47. The number of nitrogens with one attached hydrogen (secondary N) is 1. The molecule has 1 aliphatic carbocycles. The molecule has 1 saturated carbocycles. The molecule has 0 spiro atoms. The maximum Gasteiger partial charge on any atom is 0.252 e. The van der Waals surface area contributed by atoms with Crippen LogP contribution in [0, 0.1) is 11.8 Å². The van der Waals surface area contributed by atoms with Crippen molar-refractivity contribution in [2.75, 3.05) is 0 Å². The number of amides is 1. The van der Waals surface area contributed by atoms with Crippen LogP contribution in [0.1, 0.15) is 43.5 Å². The molecule has 3 unspecified atom stereocenters. The van der Waals surface area contributed by atoms with E-state index in [1.165, 1.54) is 12.8 Å². The third-order valence-corrected chi connectivity index (χ3v) is 5.17. The summed E-state index contributed by atoms with van der Waals surface area (Å²) in [5.74, 6) is 1.24. The molecule has 1 N–H and O–H groups in total. The van der Waals surface area contributed by atoms with Crippen molar-refractivity contribution >= 4 is 33.4 Å². The zero-order chi connectivity index (χ0) is 14.0. The Morgan fingerprint density at radius 2 is 2.21 bits per heavy atom.